The third-order valence-corrected chi connectivity index (χ3v) is 4.23. The summed E-state index contributed by atoms with van der Waals surface area (Å²) in [6.45, 7) is 7.29. The molecule has 0 aromatic carbocycles. The highest BCUT2D eigenvalue weighted by molar-refractivity contribution is 5.79. The number of carbonyl (C=O) groups excluding carboxylic acids is 1. The zero-order valence-electron chi connectivity index (χ0n) is 11.7. The van der Waals surface area contributed by atoms with Crippen molar-refractivity contribution in [3.05, 3.63) is 0 Å². The Balaban J connectivity index is 1.70. The van der Waals surface area contributed by atoms with Crippen LogP contribution in [0.3, 0.4) is 0 Å². The van der Waals surface area contributed by atoms with Crippen LogP contribution in [0.5, 0.6) is 0 Å². The number of carbonyl (C=O) groups is 1. The van der Waals surface area contributed by atoms with Crippen molar-refractivity contribution in [3.63, 3.8) is 0 Å². The van der Waals surface area contributed by atoms with Gasteiger partial charge in [-0.2, -0.15) is 0 Å². The Kier molecular flexibility index (Phi) is 5.01. The van der Waals surface area contributed by atoms with Crippen LogP contribution in [-0.2, 0) is 4.79 Å². The molecule has 2 rings (SSSR count). The molecule has 2 N–H and O–H groups in total. The minimum absolute atomic E-state index is 0.176. The topological polar surface area (TPSA) is 44.4 Å². The first-order chi connectivity index (χ1) is 8.65. The van der Waals surface area contributed by atoms with Crippen LogP contribution >= 0.6 is 0 Å². The van der Waals surface area contributed by atoms with Gasteiger partial charge in [-0.25, -0.2) is 0 Å². The van der Waals surface area contributed by atoms with Gasteiger partial charge in [0.05, 0.1) is 5.92 Å². The minimum atomic E-state index is 0.176. The molecule has 3 atom stereocenters. The molecular weight excluding hydrogens is 226 g/mol. The molecule has 4 heteroatoms. The summed E-state index contributed by atoms with van der Waals surface area (Å²) in [7, 11) is 2.17. The minimum Gasteiger partial charge on any atom is -0.355 e. The molecule has 104 valence electrons. The first kappa shape index (κ1) is 13.8. The maximum absolute atomic E-state index is 12.1. The van der Waals surface area contributed by atoms with Crippen molar-refractivity contribution in [1.82, 2.24) is 15.5 Å². The van der Waals surface area contributed by atoms with Crippen molar-refractivity contribution in [2.45, 2.75) is 26.2 Å². The largest absolute Gasteiger partial charge is 0.355 e. The fourth-order valence-corrected chi connectivity index (χ4v) is 3.19. The van der Waals surface area contributed by atoms with Gasteiger partial charge in [0.1, 0.15) is 0 Å². The Bertz CT molecular complexity index is 282. The highest BCUT2D eigenvalue weighted by atomic mass is 16.1. The van der Waals surface area contributed by atoms with Gasteiger partial charge in [0.25, 0.3) is 0 Å². The van der Waals surface area contributed by atoms with Crippen molar-refractivity contribution < 1.29 is 4.79 Å². The molecule has 2 aliphatic heterocycles. The molecule has 4 nitrogen and oxygen atoms in total. The third kappa shape index (κ3) is 3.95. The van der Waals surface area contributed by atoms with Crippen LogP contribution in [0.4, 0.5) is 0 Å². The summed E-state index contributed by atoms with van der Waals surface area (Å²) in [5, 5.41) is 6.50. The fourth-order valence-electron chi connectivity index (χ4n) is 3.19. The second-order valence-electron chi connectivity index (χ2n) is 6.21. The average Bonchev–Trinajstić information content (AvgIpc) is 2.36. The third-order valence-electron chi connectivity index (χ3n) is 4.23. The van der Waals surface area contributed by atoms with Crippen LogP contribution in [0.15, 0.2) is 0 Å². The van der Waals surface area contributed by atoms with E-state index in [0.717, 1.165) is 32.6 Å². The van der Waals surface area contributed by atoms with Crippen molar-refractivity contribution in [3.8, 4) is 0 Å². The normalized spacial score (nSPS) is 34.2. The molecule has 0 aromatic heterocycles. The predicted molar refractivity (Wildman–Crippen MR) is 73.4 cm³/mol. The molecule has 0 aliphatic carbocycles. The number of rotatable bonds is 3. The number of nitrogens with one attached hydrogen (secondary N) is 2. The lowest BCUT2D eigenvalue weighted by atomic mass is 9.91. The molecule has 2 heterocycles. The van der Waals surface area contributed by atoms with E-state index in [1.807, 2.05) is 0 Å². The first-order valence-electron chi connectivity index (χ1n) is 7.32. The summed E-state index contributed by atoms with van der Waals surface area (Å²) in [5.74, 6) is 1.69. The monoisotopic (exact) mass is 253 g/mol. The Morgan fingerprint density at radius 1 is 1.44 bits per heavy atom. The van der Waals surface area contributed by atoms with Crippen LogP contribution in [-0.4, -0.2) is 50.6 Å². The van der Waals surface area contributed by atoms with E-state index in [1.165, 1.54) is 19.4 Å². The number of hydrogen-bond donors (Lipinski definition) is 2. The maximum Gasteiger partial charge on any atom is 0.224 e. The Morgan fingerprint density at radius 2 is 2.28 bits per heavy atom. The van der Waals surface area contributed by atoms with Crippen molar-refractivity contribution >= 4 is 5.91 Å². The number of likely N-dealkylation sites (tertiary alicyclic amines) is 1. The summed E-state index contributed by atoms with van der Waals surface area (Å²) < 4.78 is 0. The Hall–Kier alpha value is -0.610. The van der Waals surface area contributed by atoms with E-state index in [1.54, 1.807) is 0 Å². The van der Waals surface area contributed by atoms with E-state index < -0.39 is 0 Å². The van der Waals surface area contributed by atoms with Gasteiger partial charge in [-0.3, -0.25) is 4.79 Å². The van der Waals surface area contributed by atoms with Gasteiger partial charge in [-0.1, -0.05) is 6.92 Å². The predicted octanol–water partition coefficient (Wildman–Crippen LogP) is 0.690. The summed E-state index contributed by atoms with van der Waals surface area (Å²) in [4.78, 5) is 14.5. The molecule has 0 saturated carbocycles. The van der Waals surface area contributed by atoms with Crippen molar-refractivity contribution in [2.24, 2.45) is 17.8 Å². The smallest absolute Gasteiger partial charge is 0.224 e. The summed E-state index contributed by atoms with van der Waals surface area (Å²) in [6.07, 6.45) is 3.55. The molecule has 0 bridgehead atoms. The summed E-state index contributed by atoms with van der Waals surface area (Å²) >= 11 is 0. The molecule has 0 aromatic rings. The maximum atomic E-state index is 12.1. The van der Waals surface area contributed by atoms with E-state index in [4.69, 9.17) is 0 Å². The van der Waals surface area contributed by atoms with Crippen LogP contribution < -0.4 is 10.6 Å². The van der Waals surface area contributed by atoms with Crippen LogP contribution in [0.25, 0.3) is 0 Å². The molecule has 2 aliphatic rings. The highest BCUT2D eigenvalue weighted by Crippen LogP contribution is 2.17. The van der Waals surface area contributed by atoms with Gasteiger partial charge in [-0.15, -0.1) is 0 Å². The van der Waals surface area contributed by atoms with E-state index in [2.05, 4.69) is 29.5 Å². The fraction of sp³-hybridized carbons (Fsp3) is 0.929. The second-order valence-corrected chi connectivity index (χ2v) is 6.21. The zero-order valence-corrected chi connectivity index (χ0v) is 11.7. The van der Waals surface area contributed by atoms with Gasteiger partial charge in [0, 0.05) is 19.6 Å². The van der Waals surface area contributed by atoms with Gasteiger partial charge in [-0.05, 0) is 51.2 Å². The van der Waals surface area contributed by atoms with Gasteiger partial charge >= 0.3 is 0 Å². The number of hydrogen-bond acceptors (Lipinski definition) is 3. The molecule has 3 unspecified atom stereocenters. The Morgan fingerprint density at radius 3 is 3.00 bits per heavy atom. The van der Waals surface area contributed by atoms with Gasteiger partial charge in [0.15, 0.2) is 0 Å². The molecule has 0 radical (unpaired) electrons. The number of nitrogens with zero attached hydrogens (tertiary/aromatic N) is 1. The summed E-state index contributed by atoms with van der Waals surface area (Å²) in [5.41, 5.74) is 0. The van der Waals surface area contributed by atoms with Crippen molar-refractivity contribution in [1.29, 1.82) is 0 Å². The average molecular weight is 253 g/mol. The SMILES string of the molecule is CC1CNCC(C(=O)NCC2CCCN(C)C2)C1. The quantitative estimate of drug-likeness (QED) is 0.778. The van der Waals surface area contributed by atoms with Crippen LogP contribution in [0.2, 0.25) is 0 Å². The highest BCUT2D eigenvalue weighted by Gasteiger charge is 2.25. The number of amides is 1. The van der Waals surface area contributed by atoms with Crippen molar-refractivity contribution in [2.75, 3.05) is 39.8 Å². The molecule has 1 amide bonds. The van der Waals surface area contributed by atoms with Crippen LogP contribution in [0.1, 0.15) is 26.2 Å². The molecule has 2 fully saturated rings. The van der Waals surface area contributed by atoms with E-state index in [9.17, 15) is 4.79 Å². The van der Waals surface area contributed by atoms with Gasteiger partial charge in [0.2, 0.25) is 5.91 Å². The molecule has 2 saturated heterocycles. The molecule has 0 spiro atoms. The summed E-state index contributed by atoms with van der Waals surface area (Å²) in [6, 6.07) is 0. The number of piperidine rings is 2. The van der Waals surface area contributed by atoms with Gasteiger partial charge < -0.3 is 15.5 Å². The van der Waals surface area contributed by atoms with E-state index in [-0.39, 0.29) is 11.8 Å². The first-order valence-corrected chi connectivity index (χ1v) is 7.32. The lowest BCUT2D eigenvalue weighted by Gasteiger charge is -2.31. The lowest BCUT2D eigenvalue weighted by Crippen LogP contribution is -2.46. The lowest BCUT2D eigenvalue weighted by molar-refractivity contribution is -0.126. The van der Waals surface area contributed by atoms with E-state index >= 15 is 0 Å². The second kappa shape index (κ2) is 6.53. The standard InChI is InChI=1S/C14H27N3O/c1-11-6-13(9-15-7-11)14(18)16-8-12-4-3-5-17(2)10-12/h11-13,15H,3-10H2,1-2H3,(H,16,18). The Labute approximate surface area is 110 Å². The van der Waals surface area contributed by atoms with E-state index in [0.29, 0.717) is 11.8 Å². The zero-order chi connectivity index (χ0) is 13.0. The molecular formula is C14H27N3O. The molecule has 18 heavy (non-hydrogen) atoms. The van der Waals surface area contributed by atoms with Crippen LogP contribution in [0, 0.1) is 17.8 Å².